The molecule has 0 heterocycles. The monoisotopic (exact) mass is 682 g/mol. The van der Waals surface area contributed by atoms with Crippen molar-refractivity contribution >= 4 is 23.3 Å². The lowest BCUT2D eigenvalue weighted by molar-refractivity contribution is -0.140. The number of benzene rings is 4. The number of phenols is 2. The Kier molecular flexibility index (Phi) is 9.69. The molecule has 1 aliphatic rings. The summed E-state index contributed by atoms with van der Waals surface area (Å²) in [6.45, 7) is 11.2. The van der Waals surface area contributed by atoms with Crippen LogP contribution in [-0.4, -0.2) is 45.6 Å². The summed E-state index contributed by atoms with van der Waals surface area (Å²) in [5.74, 6) is -1.62. The van der Waals surface area contributed by atoms with Crippen molar-refractivity contribution < 1.29 is 39.5 Å². The van der Waals surface area contributed by atoms with Gasteiger partial charge in [0.1, 0.15) is 23.0 Å². The number of fused-ring (bicyclic) bond motifs is 8. The number of hydrogen-bond acceptors (Lipinski definition) is 8. The SMILES string of the molecule is CC(C)(C)c1cc2c(OCC(=O)O)c(c1)Cc1cc(N)cc(c1O)Cc1cc(C(C)(C)C)cc(c1OCC(=O)O)Cc1cc(N)cc(c1O)C2. The summed E-state index contributed by atoms with van der Waals surface area (Å²) in [7, 11) is 0. The first kappa shape index (κ1) is 35.9. The Labute approximate surface area is 292 Å². The van der Waals surface area contributed by atoms with E-state index in [1.807, 2.05) is 24.3 Å². The average molecular weight is 683 g/mol. The van der Waals surface area contributed by atoms with Crippen LogP contribution in [0.3, 0.4) is 0 Å². The Hall–Kier alpha value is -5.38. The molecule has 8 bridgehead atoms. The van der Waals surface area contributed by atoms with Gasteiger partial charge in [0, 0.05) is 59.3 Å². The molecule has 0 saturated carbocycles. The largest absolute Gasteiger partial charge is 0.507 e. The molecule has 8 N–H and O–H groups in total. The van der Waals surface area contributed by atoms with E-state index in [4.69, 9.17) is 20.9 Å². The van der Waals surface area contributed by atoms with Crippen LogP contribution in [0.5, 0.6) is 23.0 Å². The molecular formula is C40H46N2O8. The number of rotatable bonds is 6. The zero-order chi connectivity index (χ0) is 36.7. The molecule has 0 fully saturated rings. The highest BCUT2D eigenvalue weighted by Gasteiger charge is 2.26. The number of carbonyl (C=O) groups is 2. The van der Waals surface area contributed by atoms with Crippen molar-refractivity contribution in [1.82, 2.24) is 0 Å². The summed E-state index contributed by atoms with van der Waals surface area (Å²) in [5, 5.41) is 42.8. The number of phenolic OH excluding ortho intramolecular Hbond substituents is 2. The molecule has 0 amide bonds. The number of carboxylic acids is 2. The molecule has 4 aromatic rings. The van der Waals surface area contributed by atoms with Gasteiger partial charge in [0.2, 0.25) is 0 Å². The molecule has 0 atom stereocenters. The van der Waals surface area contributed by atoms with Crippen LogP contribution in [0.2, 0.25) is 0 Å². The Morgan fingerprint density at radius 1 is 0.540 bits per heavy atom. The maximum Gasteiger partial charge on any atom is 0.341 e. The molecule has 0 aliphatic heterocycles. The van der Waals surface area contributed by atoms with E-state index in [1.165, 1.54) is 0 Å². The molecule has 0 saturated heterocycles. The summed E-state index contributed by atoms with van der Waals surface area (Å²) >= 11 is 0. The number of nitrogens with two attached hydrogens (primary N) is 2. The van der Waals surface area contributed by atoms with Crippen LogP contribution in [0, 0.1) is 0 Å². The van der Waals surface area contributed by atoms with Crippen LogP contribution in [0.25, 0.3) is 0 Å². The zero-order valence-corrected chi connectivity index (χ0v) is 29.4. The van der Waals surface area contributed by atoms with E-state index < -0.39 is 25.2 Å². The van der Waals surface area contributed by atoms with Gasteiger partial charge in [0.05, 0.1) is 0 Å². The summed E-state index contributed by atoms with van der Waals surface area (Å²) < 4.78 is 12.0. The molecule has 50 heavy (non-hydrogen) atoms. The highest BCUT2D eigenvalue weighted by Crippen LogP contribution is 2.42. The van der Waals surface area contributed by atoms with Crippen molar-refractivity contribution in [3.05, 3.63) is 104 Å². The Morgan fingerprint density at radius 2 is 0.800 bits per heavy atom. The second-order valence-corrected chi connectivity index (χ2v) is 15.2. The second-order valence-electron chi connectivity index (χ2n) is 15.2. The fraction of sp³-hybridized carbons (Fsp3) is 0.350. The number of aliphatic carboxylic acids is 2. The molecule has 5 rings (SSSR count). The third kappa shape index (κ3) is 7.91. The van der Waals surface area contributed by atoms with Gasteiger partial charge >= 0.3 is 11.9 Å². The quantitative estimate of drug-likeness (QED) is 0.0858. The first-order valence-corrected chi connectivity index (χ1v) is 16.5. The van der Waals surface area contributed by atoms with Gasteiger partial charge in [-0.15, -0.1) is 0 Å². The van der Waals surface area contributed by atoms with E-state index in [2.05, 4.69) is 41.5 Å². The number of ether oxygens (including phenoxy) is 2. The molecule has 0 unspecified atom stereocenters. The number of carboxylic acid groups (broad SMARTS) is 2. The van der Waals surface area contributed by atoms with Gasteiger partial charge in [-0.3, -0.25) is 0 Å². The minimum Gasteiger partial charge on any atom is -0.507 e. The van der Waals surface area contributed by atoms with Crippen molar-refractivity contribution in [2.75, 3.05) is 24.7 Å². The molecular weight excluding hydrogens is 636 g/mol. The fourth-order valence-corrected chi connectivity index (χ4v) is 6.47. The zero-order valence-electron chi connectivity index (χ0n) is 29.4. The van der Waals surface area contributed by atoms with E-state index in [-0.39, 0.29) is 48.0 Å². The normalized spacial score (nSPS) is 13.1. The summed E-state index contributed by atoms with van der Waals surface area (Å²) in [6, 6.07) is 14.5. The van der Waals surface area contributed by atoms with Crippen molar-refractivity contribution in [2.45, 2.75) is 78.1 Å². The van der Waals surface area contributed by atoms with E-state index >= 15 is 0 Å². The minimum absolute atomic E-state index is 0.000671. The third-order valence-corrected chi connectivity index (χ3v) is 9.00. The number of hydrogen-bond donors (Lipinski definition) is 6. The van der Waals surface area contributed by atoms with Crippen LogP contribution in [-0.2, 0) is 46.1 Å². The summed E-state index contributed by atoms with van der Waals surface area (Å²) in [4.78, 5) is 23.5. The predicted octanol–water partition coefficient (Wildman–Crippen LogP) is 6.46. The first-order valence-electron chi connectivity index (χ1n) is 16.5. The standard InChI is InChI=1S/C40H46N2O8/c1-39(2,3)29-11-25-7-21-15-31(41)17-23(35(21)47)9-27-13-30(40(4,5)6)14-28(38(27)50-20-34(45)46)10-24-18-32(42)16-22(36(24)48)8-26(12-29)37(25)49-19-33(43)44/h11-18,47-48H,7-10,19-20,41-42H2,1-6H3,(H,43,44)(H,45,46). The molecule has 10 nitrogen and oxygen atoms in total. The second kappa shape index (κ2) is 13.5. The number of nitrogen functional groups attached to an aromatic ring is 2. The molecule has 0 radical (unpaired) electrons. The van der Waals surface area contributed by atoms with Crippen LogP contribution < -0.4 is 20.9 Å². The maximum atomic E-state index is 11.8. The van der Waals surface area contributed by atoms with Crippen LogP contribution >= 0.6 is 0 Å². The molecule has 264 valence electrons. The van der Waals surface area contributed by atoms with Crippen LogP contribution in [0.1, 0.15) is 97.2 Å². The summed E-state index contributed by atoms with van der Waals surface area (Å²) in [5.41, 5.74) is 19.5. The first-order chi connectivity index (χ1) is 23.3. The van der Waals surface area contributed by atoms with Gasteiger partial charge < -0.3 is 41.4 Å². The van der Waals surface area contributed by atoms with Gasteiger partial charge in [-0.2, -0.15) is 0 Å². The van der Waals surface area contributed by atoms with Gasteiger partial charge in [0.15, 0.2) is 13.2 Å². The lowest BCUT2D eigenvalue weighted by atomic mass is 9.81. The minimum atomic E-state index is -1.15. The van der Waals surface area contributed by atoms with Gasteiger partial charge in [-0.25, -0.2) is 9.59 Å². The summed E-state index contributed by atoms with van der Waals surface area (Å²) in [6.07, 6.45) is 0.609. The van der Waals surface area contributed by atoms with Gasteiger partial charge in [-0.1, -0.05) is 65.8 Å². The lowest BCUT2D eigenvalue weighted by Crippen LogP contribution is -2.17. The number of aromatic hydroxyl groups is 2. The van der Waals surface area contributed by atoms with Crippen molar-refractivity contribution in [3.8, 4) is 23.0 Å². The smallest absolute Gasteiger partial charge is 0.341 e. The Bertz CT molecular complexity index is 1750. The highest BCUT2D eigenvalue weighted by atomic mass is 16.5. The van der Waals surface area contributed by atoms with Gasteiger partial charge in [0.25, 0.3) is 0 Å². The van der Waals surface area contributed by atoms with E-state index in [9.17, 15) is 30.0 Å². The van der Waals surface area contributed by atoms with Crippen LogP contribution in [0.15, 0.2) is 48.5 Å². The van der Waals surface area contributed by atoms with E-state index in [0.29, 0.717) is 67.4 Å². The predicted molar refractivity (Wildman–Crippen MR) is 193 cm³/mol. The fourth-order valence-electron chi connectivity index (χ4n) is 6.47. The van der Waals surface area contributed by atoms with Crippen molar-refractivity contribution in [2.24, 2.45) is 0 Å². The molecule has 4 aromatic carbocycles. The lowest BCUT2D eigenvalue weighted by Gasteiger charge is -2.26. The van der Waals surface area contributed by atoms with Crippen molar-refractivity contribution in [1.29, 1.82) is 0 Å². The number of anilines is 2. The Balaban J connectivity index is 1.87. The molecule has 10 heteroatoms. The maximum absolute atomic E-state index is 11.8. The third-order valence-electron chi connectivity index (χ3n) is 9.00. The molecule has 0 spiro atoms. The molecule has 0 aromatic heterocycles. The van der Waals surface area contributed by atoms with Gasteiger partial charge in [-0.05, 0) is 68.5 Å². The van der Waals surface area contributed by atoms with Crippen molar-refractivity contribution in [3.63, 3.8) is 0 Å². The topological polar surface area (TPSA) is 186 Å². The Morgan fingerprint density at radius 3 is 1.02 bits per heavy atom. The highest BCUT2D eigenvalue weighted by molar-refractivity contribution is 5.70. The van der Waals surface area contributed by atoms with Crippen LogP contribution in [0.4, 0.5) is 11.4 Å². The van der Waals surface area contributed by atoms with E-state index in [1.54, 1.807) is 24.3 Å². The van der Waals surface area contributed by atoms with E-state index in [0.717, 1.165) is 11.1 Å². The average Bonchev–Trinajstić information content (AvgIpc) is 2.99. The molecule has 1 aliphatic carbocycles.